The summed E-state index contributed by atoms with van der Waals surface area (Å²) in [5.74, 6) is -6.36. The van der Waals surface area contributed by atoms with Crippen molar-refractivity contribution in [1.82, 2.24) is 25.5 Å². The van der Waals surface area contributed by atoms with Gasteiger partial charge in [-0.2, -0.15) is 18.4 Å². The second-order valence-electron chi connectivity index (χ2n) is 15.5. The number of carbonyl (C=O) groups is 4. The third-order valence-electron chi connectivity index (χ3n) is 10.5. The number of aromatic nitrogens is 2. The number of primary amides is 1. The Balaban J connectivity index is 0.00000107. The van der Waals surface area contributed by atoms with Crippen LogP contribution < -0.4 is 25.8 Å². The summed E-state index contributed by atoms with van der Waals surface area (Å²) in [5, 5.41) is 23.4. The Hall–Kier alpha value is -7.80. The van der Waals surface area contributed by atoms with Crippen molar-refractivity contribution in [2.24, 2.45) is 5.73 Å². The highest BCUT2D eigenvalue weighted by atomic mass is 19.4. The Bertz CT molecular complexity index is 2830. The number of halogens is 5. The summed E-state index contributed by atoms with van der Waals surface area (Å²) in [5.41, 5.74) is 10.8. The van der Waals surface area contributed by atoms with Crippen molar-refractivity contribution in [3.8, 4) is 40.0 Å². The maximum Gasteiger partial charge on any atom is 0.490 e. The molecule has 5 N–H and O–H groups in total. The van der Waals surface area contributed by atoms with E-state index in [-0.39, 0.29) is 5.56 Å². The highest BCUT2D eigenvalue weighted by molar-refractivity contribution is 6.08. The summed E-state index contributed by atoms with van der Waals surface area (Å²) < 4.78 is 82.4. The fraction of sp³-hybridized carbons (Fsp3) is 0.286. The van der Waals surface area contributed by atoms with Gasteiger partial charge in [0, 0.05) is 42.0 Å². The van der Waals surface area contributed by atoms with E-state index < -0.39 is 61.3 Å². The number of amides is 3. The molecule has 1 atom stereocenters. The van der Waals surface area contributed by atoms with Gasteiger partial charge in [0.1, 0.15) is 30.8 Å². The van der Waals surface area contributed by atoms with E-state index in [1.54, 1.807) is 18.2 Å². The number of nitrogens with zero attached hydrogens (tertiary/aromatic N) is 4. The van der Waals surface area contributed by atoms with E-state index in [1.807, 2.05) is 84.9 Å². The minimum absolute atomic E-state index is 0.267. The number of likely N-dealkylation sites (tertiary alicyclic amines) is 1. The minimum Gasteiger partial charge on any atom is -0.491 e. The van der Waals surface area contributed by atoms with E-state index >= 15 is 0 Å². The lowest BCUT2D eigenvalue weighted by atomic mass is 10.0. The van der Waals surface area contributed by atoms with Crippen molar-refractivity contribution in [3.05, 3.63) is 120 Å². The van der Waals surface area contributed by atoms with Gasteiger partial charge in [-0.3, -0.25) is 19.4 Å². The molecular weight excluding hydrogens is 926 g/mol. The third kappa shape index (κ3) is 14.4. The maximum atomic E-state index is 13.8. The predicted molar refractivity (Wildman–Crippen MR) is 245 cm³/mol. The van der Waals surface area contributed by atoms with Crippen molar-refractivity contribution in [2.45, 2.75) is 24.6 Å². The van der Waals surface area contributed by atoms with E-state index in [1.165, 1.54) is 12.3 Å². The van der Waals surface area contributed by atoms with Crippen molar-refractivity contribution in [1.29, 1.82) is 5.26 Å². The molecule has 6 aromatic rings. The van der Waals surface area contributed by atoms with Crippen LogP contribution in [0.3, 0.4) is 0 Å². The van der Waals surface area contributed by atoms with Gasteiger partial charge in [0.15, 0.2) is 0 Å². The lowest BCUT2D eigenvalue weighted by molar-refractivity contribution is -0.192. The lowest BCUT2D eigenvalue weighted by Crippen LogP contribution is -2.43. The number of nitrogens with one attached hydrogen (secondary N) is 2. The van der Waals surface area contributed by atoms with Gasteiger partial charge in [0.25, 0.3) is 11.8 Å². The number of carbonyl (C=O) groups excluding carboxylic acids is 3. The first-order valence-corrected chi connectivity index (χ1v) is 21.6. The molecule has 1 saturated heterocycles. The maximum absolute atomic E-state index is 13.8. The monoisotopic (exact) mass is 971 g/mol. The SMILES string of the molecule is N#C[C@@H]1CC(F)(F)CN1C(=O)CNC(=O)c1ccnc2ccc(-c3ccc(OCCOCCNCCOCCOc4ccc(-c5cc(C(N)=O)c6ccccc6n5)cc4)cc3)cc12.O=C(O)C(F)(F)F. The number of nitrogens with two attached hydrogens (primary N) is 1. The molecule has 4 aromatic carbocycles. The molecule has 0 spiro atoms. The van der Waals surface area contributed by atoms with Crippen molar-refractivity contribution >= 4 is 45.5 Å². The number of rotatable bonds is 20. The molecule has 3 heterocycles. The van der Waals surface area contributed by atoms with Crippen LogP contribution in [0.5, 0.6) is 11.5 Å². The quantitative estimate of drug-likeness (QED) is 0.0479. The first-order valence-electron chi connectivity index (χ1n) is 21.6. The van der Waals surface area contributed by atoms with E-state index in [0.717, 1.165) is 27.0 Å². The molecule has 1 fully saturated rings. The van der Waals surface area contributed by atoms with Gasteiger partial charge in [0.2, 0.25) is 11.8 Å². The van der Waals surface area contributed by atoms with Gasteiger partial charge in [-0.05, 0) is 77.9 Å². The summed E-state index contributed by atoms with van der Waals surface area (Å²) in [4.78, 5) is 56.5. The van der Waals surface area contributed by atoms with E-state index in [4.69, 9.17) is 34.6 Å². The standard InChI is InChI=1S/C47H45F2N7O7.C2HF3O2/c48-47(49)27-34(28-50)56(30-47)44(57)29-54-46(59)38-15-16-53-41-14-9-33(25-39(38)41)31-5-10-35(11-6-31)62-23-21-60-19-17-52-18-20-61-22-24-63-36-12-7-32(8-13-36)43-26-40(45(51)58)37-3-1-2-4-42(37)55-43;3-2(4,5)1(6)7/h1-16,25-26,34,52H,17-24,27,29-30H2,(H2,51,58)(H,54,59);(H,6,7)/t34-;/m0./s1. The lowest BCUT2D eigenvalue weighted by Gasteiger charge is -2.19. The van der Waals surface area contributed by atoms with E-state index in [0.29, 0.717) is 91.9 Å². The number of hydrogen-bond donors (Lipinski definition) is 4. The molecule has 0 bridgehead atoms. The summed E-state index contributed by atoms with van der Waals surface area (Å²) >= 11 is 0. The number of hydrogen-bond acceptors (Lipinski definition) is 12. The highest BCUT2D eigenvalue weighted by Crippen LogP contribution is 2.32. The van der Waals surface area contributed by atoms with E-state index in [9.17, 15) is 41.6 Å². The van der Waals surface area contributed by atoms with Crippen LogP contribution in [0.25, 0.3) is 44.2 Å². The molecule has 0 unspecified atom stereocenters. The number of benzene rings is 4. The molecule has 1 aliphatic heterocycles. The number of carboxylic acid groups (broad SMARTS) is 1. The molecule has 7 rings (SSSR count). The molecule has 3 amide bonds. The molecular formula is C49H46F5N7O9. The Morgan fingerprint density at radius 3 is 1.97 bits per heavy atom. The zero-order valence-electron chi connectivity index (χ0n) is 37.2. The minimum atomic E-state index is -5.08. The summed E-state index contributed by atoms with van der Waals surface area (Å²) in [7, 11) is 0. The number of aliphatic carboxylic acids is 1. The molecule has 0 aliphatic carbocycles. The van der Waals surface area contributed by atoms with Gasteiger partial charge in [0.05, 0.1) is 73.4 Å². The van der Waals surface area contributed by atoms with Crippen LogP contribution >= 0.6 is 0 Å². The zero-order chi connectivity index (χ0) is 50.3. The van der Waals surface area contributed by atoms with Crippen molar-refractivity contribution < 1.29 is 65.2 Å². The average molecular weight is 972 g/mol. The molecule has 2 aromatic heterocycles. The number of nitriles is 1. The molecule has 1 aliphatic rings. The average Bonchev–Trinajstić information content (AvgIpc) is 3.68. The Kier molecular flexibility index (Phi) is 17.7. The van der Waals surface area contributed by atoms with Gasteiger partial charge in [-0.15, -0.1) is 0 Å². The van der Waals surface area contributed by atoms with Crippen LogP contribution in [0.4, 0.5) is 22.0 Å². The van der Waals surface area contributed by atoms with Crippen LogP contribution in [0.1, 0.15) is 27.1 Å². The van der Waals surface area contributed by atoms with Crippen molar-refractivity contribution in [3.63, 3.8) is 0 Å². The first-order chi connectivity index (χ1) is 33.5. The molecule has 0 radical (unpaired) electrons. The number of fused-ring (bicyclic) bond motifs is 2. The first kappa shape index (κ1) is 51.6. The topological polar surface area (TPSA) is 228 Å². The number of carboxylic acids is 1. The van der Waals surface area contributed by atoms with Gasteiger partial charge >= 0.3 is 12.1 Å². The number of para-hydroxylation sites is 1. The summed E-state index contributed by atoms with van der Waals surface area (Å²) in [6.45, 7) is 2.54. The highest BCUT2D eigenvalue weighted by Gasteiger charge is 2.47. The summed E-state index contributed by atoms with van der Waals surface area (Å²) in [6.07, 6.45) is -4.33. The van der Waals surface area contributed by atoms with Crippen LogP contribution in [-0.4, -0.2) is 128 Å². The zero-order valence-corrected chi connectivity index (χ0v) is 37.2. The molecule has 366 valence electrons. The Labute approximate surface area is 397 Å². The smallest absolute Gasteiger partial charge is 0.490 e. The third-order valence-corrected chi connectivity index (χ3v) is 10.5. The molecule has 70 heavy (non-hydrogen) atoms. The molecule has 16 nitrogen and oxygen atoms in total. The normalized spacial score (nSPS) is 14.1. The second-order valence-corrected chi connectivity index (χ2v) is 15.5. The Morgan fingerprint density at radius 1 is 0.771 bits per heavy atom. The molecule has 21 heteroatoms. The molecule has 0 saturated carbocycles. The van der Waals surface area contributed by atoms with Crippen LogP contribution in [0.2, 0.25) is 0 Å². The number of alkyl halides is 5. The number of pyridine rings is 2. The fourth-order valence-corrected chi connectivity index (χ4v) is 7.12. The predicted octanol–water partition coefficient (Wildman–Crippen LogP) is 6.42. The van der Waals surface area contributed by atoms with Crippen LogP contribution in [0, 0.1) is 11.3 Å². The largest absolute Gasteiger partial charge is 0.491 e. The van der Waals surface area contributed by atoms with Gasteiger partial charge < -0.3 is 45.3 Å². The second kappa shape index (κ2) is 24.0. The van der Waals surface area contributed by atoms with Gasteiger partial charge in [-0.1, -0.05) is 36.4 Å². The van der Waals surface area contributed by atoms with Crippen molar-refractivity contribution in [2.75, 3.05) is 65.8 Å². The van der Waals surface area contributed by atoms with Crippen LogP contribution in [0.15, 0.2) is 109 Å². The fourth-order valence-electron chi connectivity index (χ4n) is 7.12. The summed E-state index contributed by atoms with van der Waals surface area (Å²) in [6, 6.07) is 31.6. The van der Waals surface area contributed by atoms with Gasteiger partial charge in [-0.25, -0.2) is 18.6 Å². The Morgan fingerprint density at radius 2 is 1.37 bits per heavy atom. The number of ether oxygens (including phenoxy) is 4. The van der Waals surface area contributed by atoms with Crippen LogP contribution in [-0.2, 0) is 19.1 Å². The van der Waals surface area contributed by atoms with E-state index in [2.05, 4.69) is 20.6 Å².